The third-order valence-corrected chi connectivity index (χ3v) is 2.19. The van der Waals surface area contributed by atoms with Crippen molar-refractivity contribution in [1.82, 2.24) is 5.16 Å². The van der Waals surface area contributed by atoms with Crippen molar-refractivity contribution in [3.63, 3.8) is 0 Å². The zero-order chi connectivity index (χ0) is 10.8. The first-order valence-electron chi connectivity index (χ1n) is 4.49. The van der Waals surface area contributed by atoms with Crippen LogP contribution >= 0.6 is 0 Å². The van der Waals surface area contributed by atoms with Gasteiger partial charge in [-0.15, -0.1) is 0 Å². The summed E-state index contributed by atoms with van der Waals surface area (Å²) < 4.78 is 4.60. The van der Waals surface area contributed by atoms with Crippen molar-refractivity contribution in [1.29, 1.82) is 0 Å². The van der Waals surface area contributed by atoms with Crippen LogP contribution in [0.3, 0.4) is 0 Å². The molecule has 5 nitrogen and oxygen atoms in total. The molecule has 1 aromatic carbocycles. The SMILES string of the molecule is O=C(O)CCc1ccc2[nH]oc(=O)c2c1. The minimum absolute atomic E-state index is 0.0568. The lowest BCUT2D eigenvalue weighted by atomic mass is 10.1. The lowest BCUT2D eigenvalue weighted by Gasteiger charge is -1.97. The van der Waals surface area contributed by atoms with Gasteiger partial charge in [-0.05, 0) is 24.1 Å². The molecule has 0 saturated heterocycles. The number of H-pyrrole nitrogens is 1. The number of hydrogen-bond acceptors (Lipinski definition) is 3. The fraction of sp³-hybridized carbons (Fsp3) is 0.200. The summed E-state index contributed by atoms with van der Waals surface area (Å²) in [4.78, 5) is 21.5. The molecule has 78 valence electrons. The van der Waals surface area contributed by atoms with E-state index in [1.54, 1.807) is 18.2 Å². The third-order valence-electron chi connectivity index (χ3n) is 2.19. The van der Waals surface area contributed by atoms with Crippen LogP contribution in [0.25, 0.3) is 10.9 Å². The highest BCUT2D eigenvalue weighted by molar-refractivity contribution is 5.77. The van der Waals surface area contributed by atoms with Gasteiger partial charge in [0.2, 0.25) is 0 Å². The number of nitrogens with one attached hydrogen (secondary N) is 1. The van der Waals surface area contributed by atoms with Gasteiger partial charge in [0.15, 0.2) is 0 Å². The maximum atomic E-state index is 11.2. The molecule has 2 N–H and O–H groups in total. The Hall–Kier alpha value is -2.04. The van der Waals surface area contributed by atoms with Crippen LogP contribution < -0.4 is 5.63 Å². The van der Waals surface area contributed by atoms with Crippen LogP contribution in [0.5, 0.6) is 0 Å². The van der Waals surface area contributed by atoms with Gasteiger partial charge in [0, 0.05) is 6.42 Å². The predicted octanol–water partition coefficient (Wildman–Crippen LogP) is 1.14. The fourth-order valence-electron chi connectivity index (χ4n) is 1.41. The Balaban J connectivity index is 2.33. The number of rotatable bonds is 3. The van der Waals surface area contributed by atoms with E-state index in [-0.39, 0.29) is 6.42 Å². The minimum Gasteiger partial charge on any atom is -0.481 e. The van der Waals surface area contributed by atoms with Crippen molar-refractivity contribution >= 4 is 16.9 Å². The highest BCUT2D eigenvalue weighted by Crippen LogP contribution is 2.11. The van der Waals surface area contributed by atoms with Gasteiger partial charge in [0.25, 0.3) is 0 Å². The average Bonchev–Trinajstić information content (AvgIpc) is 2.57. The number of aliphatic carboxylic acids is 1. The second-order valence-corrected chi connectivity index (χ2v) is 3.27. The standard InChI is InChI=1S/C10H9NO4/c12-9(13)4-2-6-1-3-8-7(5-6)10(14)15-11-8/h1,3,5,11H,2,4H2,(H,12,13). The molecule has 2 rings (SSSR count). The molecule has 0 fully saturated rings. The van der Waals surface area contributed by atoms with E-state index in [4.69, 9.17) is 5.11 Å². The number of carboxylic acids is 1. The number of carbonyl (C=O) groups is 1. The van der Waals surface area contributed by atoms with Crippen molar-refractivity contribution in [2.75, 3.05) is 0 Å². The lowest BCUT2D eigenvalue weighted by Crippen LogP contribution is -1.98. The van der Waals surface area contributed by atoms with Crippen LogP contribution in [0.1, 0.15) is 12.0 Å². The highest BCUT2D eigenvalue weighted by atomic mass is 16.5. The largest absolute Gasteiger partial charge is 0.481 e. The molecule has 15 heavy (non-hydrogen) atoms. The van der Waals surface area contributed by atoms with E-state index < -0.39 is 11.6 Å². The van der Waals surface area contributed by atoms with Gasteiger partial charge in [-0.2, -0.15) is 0 Å². The molecule has 0 atom stereocenters. The first-order valence-corrected chi connectivity index (χ1v) is 4.49. The van der Waals surface area contributed by atoms with Gasteiger partial charge in [0.1, 0.15) is 0 Å². The van der Waals surface area contributed by atoms with Crippen LogP contribution in [-0.2, 0) is 11.2 Å². The van der Waals surface area contributed by atoms with Crippen molar-refractivity contribution in [2.24, 2.45) is 0 Å². The summed E-state index contributed by atoms with van der Waals surface area (Å²) in [7, 11) is 0. The number of aromatic amines is 1. The lowest BCUT2D eigenvalue weighted by molar-refractivity contribution is -0.136. The Kier molecular flexibility index (Phi) is 2.29. The Morgan fingerprint density at radius 1 is 1.47 bits per heavy atom. The van der Waals surface area contributed by atoms with E-state index in [1.807, 2.05) is 0 Å². The minimum atomic E-state index is -0.851. The normalized spacial score (nSPS) is 10.7. The van der Waals surface area contributed by atoms with Gasteiger partial charge < -0.3 is 9.63 Å². The second kappa shape index (κ2) is 3.61. The zero-order valence-corrected chi connectivity index (χ0v) is 7.82. The van der Waals surface area contributed by atoms with Crippen molar-refractivity contribution in [2.45, 2.75) is 12.8 Å². The predicted molar refractivity (Wildman–Crippen MR) is 52.8 cm³/mol. The quantitative estimate of drug-likeness (QED) is 0.790. The summed E-state index contributed by atoms with van der Waals surface area (Å²) in [6, 6.07) is 5.13. The maximum absolute atomic E-state index is 11.2. The van der Waals surface area contributed by atoms with Gasteiger partial charge in [-0.25, -0.2) is 9.95 Å². The molecule has 0 spiro atoms. The number of carboxylic acid groups (broad SMARTS) is 1. The summed E-state index contributed by atoms with van der Waals surface area (Å²) in [5.41, 5.74) is 1.01. The van der Waals surface area contributed by atoms with Gasteiger partial charge in [0.05, 0.1) is 10.9 Å². The van der Waals surface area contributed by atoms with E-state index in [2.05, 4.69) is 9.68 Å². The van der Waals surface area contributed by atoms with Crippen LogP contribution in [0, 0.1) is 0 Å². The number of benzene rings is 1. The van der Waals surface area contributed by atoms with Crippen molar-refractivity contribution in [3.8, 4) is 0 Å². The summed E-state index contributed by atoms with van der Waals surface area (Å²) in [5, 5.41) is 11.4. The maximum Gasteiger partial charge on any atom is 0.365 e. The van der Waals surface area contributed by atoms with Crippen LogP contribution in [0.2, 0.25) is 0 Å². The molecule has 1 heterocycles. The van der Waals surface area contributed by atoms with Crippen molar-refractivity contribution < 1.29 is 14.4 Å². The molecule has 0 aliphatic rings. The first kappa shape index (κ1) is 9.51. The number of fused-ring (bicyclic) bond motifs is 1. The second-order valence-electron chi connectivity index (χ2n) is 3.27. The molecule has 0 amide bonds. The van der Waals surface area contributed by atoms with Gasteiger partial charge >= 0.3 is 11.6 Å². The van der Waals surface area contributed by atoms with Gasteiger partial charge in [-0.3, -0.25) is 4.79 Å². The summed E-state index contributed by atoms with van der Waals surface area (Å²) in [6.45, 7) is 0. The van der Waals surface area contributed by atoms with Gasteiger partial charge in [-0.1, -0.05) is 6.07 Å². The van der Waals surface area contributed by atoms with E-state index >= 15 is 0 Å². The van der Waals surface area contributed by atoms with Crippen LogP contribution in [-0.4, -0.2) is 16.2 Å². The molecule has 1 aromatic heterocycles. The Bertz CT molecular complexity index is 552. The Morgan fingerprint density at radius 2 is 2.27 bits per heavy atom. The monoisotopic (exact) mass is 207 g/mol. The topological polar surface area (TPSA) is 83.3 Å². The molecule has 0 unspecified atom stereocenters. The summed E-state index contributed by atoms with van der Waals surface area (Å²) in [6.07, 6.45) is 0.469. The molecule has 5 heteroatoms. The molecule has 0 aliphatic carbocycles. The smallest absolute Gasteiger partial charge is 0.365 e. The number of aryl methyl sites for hydroxylation is 1. The fourth-order valence-corrected chi connectivity index (χ4v) is 1.41. The van der Waals surface area contributed by atoms with Crippen LogP contribution in [0.4, 0.5) is 0 Å². The van der Waals surface area contributed by atoms with Crippen LogP contribution in [0.15, 0.2) is 27.5 Å². The zero-order valence-electron chi connectivity index (χ0n) is 7.82. The van der Waals surface area contributed by atoms with Crippen molar-refractivity contribution in [3.05, 3.63) is 34.2 Å². The Morgan fingerprint density at radius 3 is 3.00 bits per heavy atom. The number of aromatic nitrogens is 1. The van der Waals surface area contributed by atoms with E-state index in [0.29, 0.717) is 17.3 Å². The highest BCUT2D eigenvalue weighted by Gasteiger charge is 2.05. The molecule has 0 bridgehead atoms. The Labute approximate surface area is 84.3 Å². The molecular weight excluding hydrogens is 198 g/mol. The molecule has 0 radical (unpaired) electrons. The number of hydrogen-bond donors (Lipinski definition) is 2. The third kappa shape index (κ3) is 1.90. The molecular formula is C10H9NO4. The van der Waals surface area contributed by atoms with E-state index in [0.717, 1.165) is 5.56 Å². The molecule has 0 aliphatic heterocycles. The van der Waals surface area contributed by atoms with E-state index in [9.17, 15) is 9.59 Å². The molecule has 0 saturated carbocycles. The first-order chi connectivity index (χ1) is 7.16. The summed E-state index contributed by atoms with van der Waals surface area (Å²) in [5.74, 6) is -0.851. The average molecular weight is 207 g/mol. The summed E-state index contributed by atoms with van der Waals surface area (Å²) >= 11 is 0. The molecule has 2 aromatic rings. The van der Waals surface area contributed by atoms with E-state index in [1.165, 1.54) is 0 Å².